The van der Waals surface area contributed by atoms with Gasteiger partial charge in [0, 0.05) is 29.9 Å². The summed E-state index contributed by atoms with van der Waals surface area (Å²) in [5.41, 5.74) is 1.22. The summed E-state index contributed by atoms with van der Waals surface area (Å²) in [5.74, 6) is 0.151. The number of H-pyrrole nitrogens is 1. The van der Waals surface area contributed by atoms with Crippen LogP contribution < -0.4 is 15.4 Å². The first-order chi connectivity index (χ1) is 17.5. The second kappa shape index (κ2) is 10.2. The molecule has 0 radical (unpaired) electrons. The number of methoxy groups -OCH3 is 1. The van der Waals surface area contributed by atoms with Crippen molar-refractivity contribution in [3.05, 3.63) is 30.0 Å². The molecule has 1 aromatic carbocycles. The van der Waals surface area contributed by atoms with Gasteiger partial charge in [-0.1, -0.05) is 18.9 Å². The highest BCUT2D eigenvalue weighted by molar-refractivity contribution is 6.02. The fourth-order valence-corrected chi connectivity index (χ4v) is 6.34. The van der Waals surface area contributed by atoms with Gasteiger partial charge in [0.05, 0.1) is 13.2 Å². The monoisotopic (exact) mass is 491 g/mol. The Balaban J connectivity index is 1.38. The first kappa shape index (κ1) is 24.2. The Morgan fingerprint density at radius 1 is 1.25 bits per heavy atom. The normalized spacial score (nSPS) is 26.6. The molecular formula is C27H33N5O4. The van der Waals surface area contributed by atoms with E-state index in [4.69, 9.17) is 4.74 Å². The van der Waals surface area contributed by atoms with Gasteiger partial charge < -0.3 is 25.3 Å². The number of likely N-dealkylation sites (tertiary alicyclic amines) is 1. The maximum Gasteiger partial charge on any atom is 0.271 e. The van der Waals surface area contributed by atoms with Gasteiger partial charge in [-0.25, -0.2) is 0 Å². The van der Waals surface area contributed by atoms with Gasteiger partial charge in [0.1, 0.15) is 23.5 Å². The number of nitriles is 1. The van der Waals surface area contributed by atoms with Crippen LogP contribution in [0.1, 0.15) is 55.4 Å². The molecular weight excluding hydrogens is 458 g/mol. The van der Waals surface area contributed by atoms with Gasteiger partial charge in [-0.05, 0) is 62.1 Å². The minimum atomic E-state index is -0.775. The van der Waals surface area contributed by atoms with E-state index in [1.165, 1.54) is 0 Å². The van der Waals surface area contributed by atoms with E-state index in [1.807, 2.05) is 18.2 Å². The fourth-order valence-electron chi connectivity index (χ4n) is 6.34. The van der Waals surface area contributed by atoms with Gasteiger partial charge in [-0.2, -0.15) is 5.26 Å². The predicted molar refractivity (Wildman–Crippen MR) is 133 cm³/mol. The zero-order valence-corrected chi connectivity index (χ0v) is 20.6. The summed E-state index contributed by atoms with van der Waals surface area (Å²) in [6, 6.07) is 8.14. The highest BCUT2D eigenvalue weighted by Gasteiger charge is 2.49. The number of aromatic amines is 1. The minimum absolute atomic E-state index is 0.0602. The quantitative estimate of drug-likeness (QED) is 0.573. The van der Waals surface area contributed by atoms with Crippen molar-refractivity contribution in [2.45, 2.75) is 57.0 Å². The Bertz CT molecular complexity index is 1200. The summed E-state index contributed by atoms with van der Waals surface area (Å²) in [4.78, 5) is 44.5. The third-order valence-corrected chi connectivity index (χ3v) is 8.14. The number of amides is 3. The highest BCUT2D eigenvalue weighted by Crippen LogP contribution is 2.41. The zero-order valence-electron chi connectivity index (χ0n) is 20.6. The molecule has 3 amide bonds. The summed E-state index contributed by atoms with van der Waals surface area (Å²) in [6.07, 6.45) is 5.86. The molecule has 2 aromatic rings. The number of carbonyl (C=O) groups is 3. The average Bonchev–Trinajstić information content (AvgIpc) is 3.51. The number of piperidine rings is 1. The molecule has 3 heterocycles. The molecule has 9 nitrogen and oxygen atoms in total. The van der Waals surface area contributed by atoms with E-state index in [1.54, 1.807) is 18.1 Å². The van der Waals surface area contributed by atoms with Crippen LogP contribution in [0.5, 0.6) is 5.75 Å². The molecule has 1 aromatic heterocycles. The smallest absolute Gasteiger partial charge is 0.271 e. The number of hydrogen-bond acceptors (Lipinski definition) is 5. The number of fused-ring (bicyclic) bond motifs is 2. The number of nitrogens with one attached hydrogen (secondary N) is 3. The maximum absolute atomic E-state index is 13.7. The Morgan fingerprint density at radius 3 is 2.86 bits per heavy atom. The summed E-state index contributed by atoms with van der Waals surface area (Å²) >= 11 is 0. The number of benzene rings is 1. The second-order valence-corrected chi connectivity index (χ2v) is 10.3. The van der Waals surface area contributed by atoms with E-state index >= 15 is 0 Å². The van der Waals surface area contributed by atoms with Crippen molar-refractivity contribution in [2.24, 2.45) is 17.8 Å². The van der Waals surface area contributed by atoms with Crippen LogP contribution in [-0.4, -0.2) is 59.9 Å². The lowest BCUT2D eigenvalue weighted by molar-refractivity contribution is -0.129. The number of nitrogens with zero attached hydrogens (tertiary/aromatic N) is 2. The van der Waals surface area contributed by atoms with Gasteiger partial charge in [0.2, 0.25) is 11.8 Å². The molecule has 2 saturated heterocycles. The first-order valence-corrected chi connectivity index (χ1v) is 12.9. The van der Waals surface area contributed by atoms with Gasteiger partial charge in [-0.3, -0.25) is 14.4 Å². The molecule has 36 heavy (non-hydrogen) atoms. The SMILES string of the molecule is COc1cccc2[nH]c(C(=O)N3CC4CCCC[C@@H]4[C@H]3C(=O)N[C@H](C#N)C[C@@H]3CCCNC3=O)cc12. The van der Waals surface area contributed by atoms with Crippen molar-refractivity contribution in [2.75, 3.05) is 20.2 Å². The van der Waals surface area contributed by atoms with E-state index in [0.29, 0.717) is 31.0 Å². The summed E-state index contributed by atoms with van der Waals surface area (Å²) < 4.78 is 5.44. The number of aromatic nitrogens is 1. The lowest BCUT2D eigenvalue weighted by Gasteiger charge is -2.30. The van der Waals surface area contributed by atoms with Crippen LogP contribution in [0.4, 0.5) is 0 Å². The van der Waals surface area contributed by atoms with E-state index < -0.39 is 12.1 Å². The third kappa shape index (κ3) is 4.52. The third-order valence-electron chi connectivity index (χ3n) is 8.14. The molecule has 3 aliphatic rings. The second-order valence-electron chi connectivity index (χ2n) is 10.3. The molecule has 3 N–H and O–H groups in total. The van der Waals surface area contributed by atoms with Crippen LogP contribution in [0, 0.1) is 29.1 Å². The lowest BCUT2D eigenvalue weighted by Crippen LogP contribution is -2.52. The lowest BCUT2D eigenvalue weighted by atomic mass is 9.78. The van der Waals surface area contributed by atoms with Gasteiger partial charge in [0.15, 0.2) is 0 Å². The highest BCUT2D eigenvalue weighted by atomic mass is 16.5. The molecule has 190 valence electrons. The summed E-state index contributed by atoms with van der Waals surface area (Å²) in [5, 5.41) is 16.3. The standard InChI is InChI=1S/C27H33N5O4/c1-36-23-10-4-9-21-20(23)13-22(31-21)27(35)32-15-17-6-2-3-8-19(17)24(32)26(34)30-18(14-28)12-16-7-5-11-29-25(16)33/h4,9-10,13,16-19,24,31H,2-3,5-8,11-12,15H2,1H3,(H,29,33)(H,30,34)/t16-,17?,18-,19-,24-/m0/s1. The molecule has 1 unspecified atom stereocenters. The Kier molecular flexibility index (Phi) is 6.86. The van der Waals surface area contributed by atoms with Crippen molar-refractivity contribution in [1.29, 1.82) is 5.26 Å². The van der Waals surface area contributed by atoms with E-state index in [-0.39, 0.29) is 41.9 Å². The number of rotatable bonds is 6. The maximum atomic E-state index is 13.7. The molecule has 3 fully saturated rings. The van der Waals surface area contributed by atoms with E-state index in [9.17, 15) is 19.6 Å². The topological polar surface area (TPSA) is 127 Å². The number of hydrogen-bond donors (Lipinski definition) is 3. The van der Waals surface area contributed by atoms with Crippen LogP contribution in [0.3, 0.4) is 0 Å². The van der Waals surface area contributed by atoms with Crippen LogP contribution in [0.15, 0.2) is 24.3 Å². The summed E-state index contributed by atoms with van der Waals surface area (Å²) in [7, 11) is 1.59. The van der Waals surface area contributed by atoms with Crippen LogP contribution in [-0.2, 0) is 9.59 Å². The minimum Gasteiger partial charge on any atom is -0.496 e. The summed E-state index contributed by atoms with van der Waals surface area (Å²) in [6.45, 7) is 1.18. The van der Waals surface area contributed by atoms with Crippen LogP contribution in [0.25, 0.3) is 10.9 Å². The molecule has 1 aliphatic carbocycles. The Morgan fingerprint density at radius 2 is 2.08 bits per heavy atom. The Hall–Kier alpha value is -3.54. The van der Waals surface area contributed by atoms with Crippen molar-refractivity contribution in [3.8, 4) is 11.8 Å². The molecule has 5 rings (SSSR count). The molecule has 9 heteroatoms. The largest absolute Gasteiger partial charge is 0.496 e. The first-order valence-electron chi connectivity index (χ1n) is 12.9. The molecule has 5 atom stereocenters. The van der Waals surface area contributed by atoms with Gasteiger partial charge in [0.25, 0.3) is 5.91 Å². The van der Waals surface area contributed by atoms with Gasteiger partial charge >= 0.3 is 0 Å². The van der Waals surface area contributed by atoms with Crippen molar-refractivity contribution >= 4 is 28.6 Å². The van der Waals surface area contributed by atoms with Crippen LogP contribution in [0.2, 0.25) is 0 Å². The number of ether oxygens (including phenoxy) is 1. The van der Waals surface area contributed by atoms with E-state index in [0.717, 1.165) is 43.0 Å². The molecule has 1 saturated carbocycles. The molecule has 0 bridgehead atoms. The van der Waals surface area contributed by atoms with Crippen molar-refractivity contribution in [3.63, 3.8) is 0 Å². The molecule has 2 aliphatic heterocycles. The zero-order chi connectivity index (χ0) is 25.2. The van der Waals surface area contributed by atoms with Crippen molar-refractivity contribution < 1.29 is 19.1 Å². The van der Waals surface area contributed by atoms with Crippen LogP contribution >= 0.6 is 0 Å². The molecule has 0 spiro atoms. The fraction of sp³-hybridized carbons (Fsp3) is 0.556. The van der Waals surface area contributed by atoms with Gasteiger partial charge in [-0.15, -0.1) is 0 Å². The van der Waals surface area contributed by atoms with E-state index in [2.05, 4.69) is 21.7 Å². The predicted octanol–water partition coefficient (Wildman–Crippen LogP) is 2.73. The van der Waals surface area contributed by atoms with Crippen molar-refractivity contribution in [1.82, 2.24) is 20.5 Å². The number of carbonyl (C=O) groups excluding carboxylic acids is 3. The Labute approximate surface area is 210 Å². The average molecular weight is 492 g/mol.